The van der Waals surface area contributed by atoms with Gasteiger partial charge < -0.3 is 18.9 Å². The van der Waals surface area contributed by atoms with Gasteiger partial charge in [0.2, 0.25) is 0 Å². The monoisotopic (exact) mass is 733 g/mol. The summed E-state index contributed by atoms with van der Waals surface area (Å²) in [5, 5.41) is 3.51. The predicted molar refractivity (Wildman–Crippen MR) is 218 cm³/mol. The molecule has 270 valence electrons. The highest BCUT2D eigenvalue weighted by molar-refractivity contribution is 7.76. The molecule has 10 heteroatoms. The van der Waals surface area contributed by atoms with Gasteiger partial charge in [0.15, 0.2) is 0 Å². The van der Waals surface area contributed by atoms with Crippen molar-refractivity contribution in [1.82, 2.24) is 9.55 Å². The molecule has 0 unspecified atom stereocenters. The summed E-state index contributed by atoms with van der Waals surface area (Å²) >= 11 is 0. The molecule has 0 radical (unpaired) electrons. The van der Waals surface area contributed by atoms with Crippen LogP contribution in [0.1, 0.15) is 33.4 Å². The smallest absolute Gasteiger partial charge is 0.337 e. The summed E-state index contributed by atoms with van der Waals surface area (Å²) in [6.07, 6.45) is 1.82. The number of carbonyl (C=O) groups is 1. The van der Waals surface area contributed by atoms with Crippen molar-refractivity contribution in [3.05, 3.63) is 109 Å². The second-order valence-electron chi connectivity index (χ2n) is 13.4. The number of amides is 1. The highest BCUT2D eigenvalue weighted by Gasteiger charge is 2.40. The van der Waals surface area contributed by atoms with Gasteiger partial charge in [-0.2, -0.15) is 0 Å². The normalized spacial score (nSPS) is 11.6. The van der Waals surface area contributed by atoms with Crippen molar-refractivity contribution in [2.24, 2.45) is 0 Å². The summed E-state index contributed by atoms with van der Waals surface area (Å²) in [4.78, 5) is 21.1. The Labute approximate surface area is 309 Å². The van der Waals surface area contributed by atoms with E-state index in [4.69, 9.17) is 23.9 Å². The summed E-state index contributed by atoms with van der Waals surface area (Å²) < 4.78 is 29.5. The van der Waals surface area contributed by atoms with Crippen molar-refractivity contribution in [3.63, 3.8) is 0 Å². The first-order chi connectivity index (χ1) is 25.2. The van der Waals surface area contributed by atoms with Gasteiger partial charge in [0.1, 0.15) is 23.0 Å². The lowest BCUT2D eigenvalue weighted by atomic mass is 10.2. The van der Waals surface area contributed by atoms with Crippen LogP contribution in [-0.4, -0.2) is 50.1 Å². The van der Waals surface area contributed by atoms with E-state index in [1.54, 1.807) is 0 Å². The van der Waals surface area contributed by atoms with Crippen LogP contribution < -0.4 is 34.2 Å². The molecule has 1 amide bonds. The van der Waals surface area contributed by atoms with E-state index in [2.05, 4.69) is 31.8 Å². The molecule has 8 nitrogen and oxygen atoms in total. The molecular weight excluding hydrogens is 686 g/mol. The third kappa shape index (κ3) is 7.39. The van der Waals surface area contributed by atoms with Crippen molar-refractivity contribution in [2.75, 3.05) is 31.1 Å². The molecule has 0 saturated carbocycles. The van der Waals surface area contributed by atoms with Crippen LogP contribution in [0, 0.1) is 0 Å². The van der Waals surface area contributed by atoms with E-state index in [1.807, 2.05) is 128 Å². The first-order valence-corrected chi connectivity index (χ1v) is 23.1. The lowest BCUT2D eigenvalue weighted by molar-refractivity contribution is 0.252. The van der Waals surface area contributed by atoms with Gasteiger partial charge in [0.05, 0.1) is 75.6 Å². The number of nitrogens with zero attached hydrogens (tertiary/aromatic N) is 3. The second-order valence-corrected chi connectivity index (χ2v) is 20.8. The number of anilines is 1. The maximum Gasteiger partial charge on any atom is 0.337 e. The zero-order valence-corrected chi connectivity index (χ0v) is 33.1. The average Bonchev–Trinajstić information content (AvgIpc) is 3.46. The van der Waals surface area contributed by atoms with Crippen molar-refractivity contribution >= 4 is 60.3 Å². The number of benzene rings is 4. The van der Waals surface area contributed by atoms with E-state index < -0.39 is 16.1 Å². The summed E-state index contributed by atoms with van der Waals surface area (Å²) in [5.74, 6) is 2.51. The van der Waals surface area contributed by atoms with E-state index in [0.717, 1.165) is 49.8 Å². The van der Waals surface area contributed by atoms with Gasteiger partial charge in [-0.25, -0.2) is 4.79 Å². The third-order valence-corrected chi connectivity index (χ3v) is 12.4. The van der Waals surface area contributed by atoms with Crippen molar-refractivity contribution < 1.29 is 23.7 Å². The van der Waals surface area contributed by atoms with Gasteiger partial charge in [-0.05, 0) is 82.3 Å². The lowest BCUT2D eigenvalue weighted by Crippen LogP contribution is -2.39. The molecule has 0 aliphatic rings. The van der Waals surface area contributed by atoms with Crippen molar-refractivity contribution in [1.29, 1.82) is 0 Å². The number of aromatic nitrogens is 2. The average molecular weight is 734 g/mol. The third-order valence-electron chi connectivity index (χ3n) is 8.49. The maximum absolute atomic E-state index is 16.1. The number of ether oxygens (including phenoxy) is 4. The quantitative estimate of drug-likeness (QED) is 0.0820. The molecule has 0 aliphatic heterocycles. The molecule has 0 atom stereocenters. The van der Waals surface area contributed by atoms with E-state index in [0.29, 0.717) is 49.4 Å². The lowest BCUT2D eigenvalue weighted by Gasteiger charge is -2.36. The first-order valence-electron chi connectivity index (χ1n) is 18.1. The summed E-state index contributed by atoms with van der Waals surface area (Å²) in [7, 11) is -3.64. The summed E-state index contributed by atoms with van der Waals surface area (Å²) in [6.45, 7) is 16.5. The molecule has 0 N–H and O–H groups in total. The highest BCUT2D eigenvalue weighted by Crippen LogP contribution is 2.53. The maximum atomic E-state index is 16.1. The van der Waals surface area contributed by atoms with E-state index in [1.165, 1.54) is 0 Å². The second kappa shape index (κ2) is 16.2. The Balaban J connectivity index is 1.80. The molecule has 0 bridgehead atoms. The highest BCUT2D eigenvalue weighted by atomic mass is 31.1. The largest absolute Gasteiger partial charge is 0.493 e. The molecule has 52 heavy (non-hydrogen) atoms. The molecule has 0 saturated heterocycles. The van der Waals surface area contributed by atoms with Crippen molar-refractivity contribution in [3.8, 4) is 23.0 Å². The van der Waals surface area contributed by atoms with Gasteiger partial charge in [-0.1, -0.05) is 68.2 Å². The molecule has 6 rings (SSSR count). The van der Waals surface area contributed by atoms with Crippen molar-refractivity contribution in [2.45, 2.75) is 53.4 Å². The van der Waals surface area contributed by atoms with Crippen LogP contribution in [0.25, 0.3) is 21.8 Å². The molecule has 2 aromatic heterocycles. The SMILES string of the molecule is CCOc1cccc(OCC)c1P(c1c(OCC)cccc1OCC)N(C(=O)n1c2ccccc2c2ccccc21)c1cccnc1C[Si](C)(C)C. The fourth-order valence-electron chi connectivity index (χ4n) is 6.60. The molecule has 4 aromatic carbocycles. The summed E-state index contributed by atoms with van der Waals surface area (Å²) in [5.41, 5.74) is 3.22. The van der Waals surface area contributed by atoms with Gasteiger partial charge >= 0.3 is 6.03 Å². The molecule has 0 spiro atoms. The zero-order valence-electron chi connectivity index (χ0n) is 31.2. The van der Waals surface area contributed by atoms with Gasteiger partial charge in [-0.3, -0.25) is 14.2 Å². The fourth-order valence-corrected chi connectivity index (χ4v) is 10.6. The topological polar surface area (TPSA) is 75.1 Å². The number of pyridine rings is 1. The van der Waals surface area contributed by atoms with Gasteiger partial charge in [0, 0.05) is 17.0 Å². The van der Waals surface area contributed by atoms with Crippen LogP contribution >= 0.6 is 8.07 Å². The predicted octanol–water partition coefficient (Wildman–Crippen LogP) is 9.73. The minimum absolute atomic E-state index is 0.226. The van der Waals surface area contributed by atoms with Gasteiger partial charge in [-0.15, -0.1) is 0 Å². The number of para-hydroxylation sites is 2. The van der Waals surface area contributed by atoms with E-state index in [9.17, 15) is 0 Å². The Morgan fingerprint density at radius 2 is 1.08 bits per heavy atom. The molecular formula is C42H48N3O5PSi. The zero-order chi connectivity index (χ0) is 36.8. The molecule has 6 aromatic rings. The fraction of sp³-hybridized carbons (Fsp3) is 0.286. The molecule has 0 aliphatic carbocycles. The molecule has 0 fully saturated rings. The number of hydrogen-bond acceptors (Lipinski definition) is 6. The van der Waals surface area contributed by atoms with Crippen LogP contribution in [-0.2, 0) is 6.04 Å². The Bertz CT molecular complexity index is 2020. The number of rotatable bonds is 14. The Morgan fingerprint density at radius 3 is 1.50 bits per heavy atom. The van der Waals surface area contributed by atoms with Gasteiger partial charge in [0.25, 0.3) is 0 Å². The van der Waals surface area contributed by atoms with Crippen LogP contribution in [0.4, 0.5) is 10.5 Å². The Hall–Kier alpha value is -4.85. The van der Waals surface area contributed by atoms with E-state index >= 15 is 4.79 Å². The van der Waals surface area contributed by atoms with Crippen LogP contribution in [0.15, 0.2) is 103 Å². The minimum Gasteiger partial charge on any atom is -0.493 e. The van der Waals surface area contributed by atoms with Crippen LogP contribution in [0.5, 0.6) is 23.0 Å². The first kappa shape index (κ1) is 36.9. The molecule has 2 heterocycles. The minimum atomic E-state index is -1.89. The van der Waals surface area contributed by atoms with E-state index in [-0.39, 0.29) is 6.03 Å². The summed E-state index contributed by atoms with van der Waals surface area (Å²) in [6, 6.07) is 32.3. The Kier molecular flexibility index (Phi) is 11.5. The van der Waals surface area contributed by atoms with Crippen LogP contribution in [0.2, 0.25) is 19.6 Å². The number of hydrogen-bond donors (Lipinski definition) is 0. The standard InChI is InChI=1S/C42H48N3O5PSi/c1-8-47-36-24-16-25-37(48-9-2)40(36)51(41-38(49-10-3)26-17-27-39(41)50-11-4)45(35-23-18-28-43-32(35)29-52(5,6)7)42(46)44-33-21-14-12-19-30(33)31-20-13-15-22-34(31)44/h12-28H,8-11,29H2,1-7H3. The number of carbonyl (C=O) groups excluding carboxylic acids is 1. The van der Waals surface area contributed by atoms with Crippen LogP contribution in [0.3, 0.4) is 0 Å². The Morgan fingerprint density at radius 1 is 0.635 bits per heavy atom. The number of fused-ring (bicyclic) bond motifs is 3.